The Kier molecular flexibility index (Phi) is 5.22. The second-order valence-corrected chi connectivity index (χ2v) is 4.20. The summed E-state index contributed by atoms with van der Waals surface area (Å²) in [5.41, 5.74) is 3.11. The number of ether oxygens (including phenoxy) is 1. The first-order valence-corrected chi connectivity index (χ1v) is 5.49. The van der Waals surface area contributed by atoms with Gasteiger partial charge in [-0.2, -0.15) is 0 Å². The lowest BCUT2D eigenvalue weighted by molar-refractivity contribution is 0.119. The number of nitrogens with zero attached hydrogens (tertiary/aromatic N) is 1. The Labute approximate surface area is 91.3 Å². The molecule has 0 aromatic rings. The molecule has 0 amide bonds. The average molecular weight is 216 g/mol. The van der Waals surface area contributed by atoms with E-state index in [-0.39, 0.29) is 12.1 Å². The smallest absolute Gasteiger partial charge is 0.141 e. The van der Waals surface area contributed by atoms with Crippen LogP contribution in [0.5, 0.6) is 0 Å². The van der Waals surface area contributed by atoms with Crippen molar-refractivity contribution >= 4 is 0 Å². The third-order valence-corrected chi connectivity index (χ3v) is 2.68. The van der Waals surface area contributed by atoms with Crippen LogP contribution in [-0.2, 0) is 4.74 Å². The van der Waals surface area contributed by atoms with Gasteiger partial charge in [0.2, 0.25) is 0 Å². The number of nitrogens with one attached hydrogen (secondary N) is 1. The van der Waals surface area contributed by atoms with Crippen molar-refractivity contribution in [3.63, 3.8) is 0 Å². The molecule has 1 aliphatic heterocycles. The molecule has 3 unspecified atom stereocenters. The van der Waals surface area contributed by atoms with Gasteiger partial charge in [-0.25, -0.2) is 14.8 Å². The first-order chi connectivity index (χ1) is 7.09. The van der Waals surface area contributed by atoms with Crippen molar-refractivity contribution in [3.8, 4) is 0 Å². The van der Waals surface area contributed by atoms with E-state index in [1.165, 1.54) is 0 Å². The van der Waals surface area contributed by atoms with Gasteiger partial charge in [0.15, 0.2) is 0 Å². The molecule has 0 radical (unpaired) electrons. The maximum atomic E-state index is 12.8. The predicted octanol–water partition coefficient (Wildman–Crippen LogP) is 2.07. The average Bonchev–Trinajstić information content (AvgIpc) is 2.58. The normalized spacial score (nSPS) is 27.3. The van der Waals surface area contributed by atoms with Gasteiger partial charge in [0.05, 0.1) is 6.17 Å². The molecule has 1 N–H and O–H groups in total. The molecule has 3 atom stereocenters. The SMILES string of the molecule is CC(F)C(C)CCC=CC1NN(C)CO1. The van der Waals surface area contributed by atoms with Crippen molar-refractivity contribution in [1.29, 1.82) is 0 Å². The van der Waals surface area contributed by atoms with E-state index < -0.39 is 6.17 Å². The Morgan fingerprint density at radius 3 is 2.87 bits per heavy atom. The summed E-state index contributed by atoms with van der Waals surface area (Å²) in [5.74, 6) is 0.134. The van der Waals surface area contributed by atoms with Crippen molar-refractivity contribution in [1.82, 2.24) is 10.4 Å². The van der Waals surface area contributed by atoms with Crippen LogP contribution in [0.3, 0.4) is 0 Å². The monoisotopic (exact) mass is 216 g/mol. The Bertz CT molecular complexity index is 209. The van der Waals surface area contributed by atoms with Crippen molar-refractivity contribution in [3.05, 3.63) is 12.2 Å². The molecule has 0 aromatic carbocycles. The zero-order valence-electron chi connectivity index (χ0n) is 9.74. The maximum Gasteiger partial charge on any atom is 0.141 e. The van der Waals surface area contributed by atoms with E-state index in [0.29, 0.717) is 6.73 Å². The van der Waals surface area contributed by atoms with Gasteiger partial charge in [-0.05, 0) is 31.8 Å². The van der Waals surface area contributed by atoms with E-state index in [4.69, 9.17) is 4.74 Å². The summed E-state index contributed by atoms with van der Waals surface area (Å²) in [6.45, 7) is 4.16. The maximum absolute atomic E-state index is 12.8. The van der Waals surface area contributed by atoms with Crippen molar-refractivity contribution in [2.45, 2.75) is 39.1 Å². The molecule has 0 saturated carbocycles. The molecular formula is C11H21FN2O. The Hall–Kier alpha value is -0.450. The van der Waals surface area contributed by atoms with E-state index in [9.17, 15) is 4.39 Å². The van der Waals surface area contributed by atoms with Crippen LogP contribution in [0.15, 0.2) is 12.2 Å². The molecule has 0 bridgehead atoms. The molecule has 1 aliphatic rings. The minimum Gasteiger partial charge on any atom is -0.342 e. The van der Waals surface area contributed by atoms with Gasteiger partial charge < -0.3 is 4.74 Å². The lowest BCUT2D eigenvalue weighted by atomic mass is 10.0. The molecule has 15 heavy (non-hydrogen) atoms. The number of hydrogen-bond donors (Lipinski definition) is 1. The molecule has 1 heterocycles. The number of rotatable bonds is 5. The lowest BCUT2D eigenvalue weighted by Crippen LogP contribution is -2.30. The quantitative estimate of drug-likeness (QED) is 0.712. The summed E-state index contributed by atoms with van der Waals surface area (Å²) in [7, 11) is 1.93. The highest BCUT2D eigenvalue weighted by Gasteiger charge is 2.15. The van der Waals surface area contributed by atoms with Crippen LogP contribution in [0.4, 0.5) is 4.39 Å². The largest absolute Gasteiger partial charge is 0.342 e. The third-order valence-electron chi connectivity index (χ3n) is 2.68. The second-order valence-electron chi connectivity index (χ2n) is 4.20. The predicted molar refractivity (Wildman–Crippen MR) is 58.7 cm³/mol. The molecule has 3 nitrogen and oxygen atoms in total. The second kappa shape index (κ2) is 6.20. The number of alkyl halides is 1. The fourth-order valence-electron chi connectivity index (χ4n) is 1.39. The van der Waals surface area contributed by atoms with Crippen LogP contribution in [0.2, 0.25) is 0 Å². The summed E-state index contributed by atoms with van der Waals surface area (Å²) in [6.07, 6.45) is 5.09. The third kappa shape index (κ3) is 4.73. The van der Waals surface area contributed by atoms with Gasteiger partial charge in [-0.3, -0.25) is 0 Å². The highest BCUT2D eigenvalue weighted by atomic mass is 19.1. The fourth-order valence-corrected chi connectivity index (χ4v) is 1.39. The summed E-state index contributed by atoms with van der Waals surface area (Å²) in [4.78, 5) is 0. The number of hydrazine groups is 1. The van der Waals surface area contributed by atoms with Crippen LogP contribution >= 0.6 is 0 Å². The molecule has 1 fully saturated rings. The van der Waals surface area contributed by atoms with E-state index in [1.807, 2.05) is 25.1 Å². The first-order valence-electron chi connectivity index (χ1n) is 5.49. The van der Waals surface area contributed by atoms with Crippen molar-refractivity contribution < 1.29 is 9.13 Å². The molecule has 1 rings (SSSR count). The van der Waals surface area contributed by atoms with Crippen molar-refractivity contribution in [2.75, 3.05) is 13.8 Å². The lowest BCUT2D eigenvalue weighted by Gasteiger charge is -2.10. The minimum atomic E-state index is -0.717. The molecule has 4 heteroatoms. The summed E-state index contributed by atoms with van der Waals surface area (Å²) in [6, 6.07) is 0. The topological polar surface area (TPSA) is 24.5 Å². The van der Waals surface area contributed by atoms with Gasteiger partial charge >= 0.3 is 0 Å². The standard InChI is InChI=1S/C11H21FN2O/c1-9(10(2)12)6-4-5-7-11-13-14(3)8-15-11/h5,7,9-11,13H,4,6,8H2,1-3H3. The van der Waals surface area contributed by atoms with E-state index in [1.54, 1.807) is 6.92 Å². The Morgan fingerprint density at radius 2 is 2.33 bits per heavy atom. The first kappa shape index (κ1) is 12.6. The molecule has 0 spiro atoms. The number of allylic oxidation sites excluding steroid dienone is 1. The summed E-state index contributed by atoms with van der Waals surface area (Å²) in [5, 5.41) is 1.89. The van der Waals surface area contributed by atoms with Gasteiger partial charge in [0, 0.05) is 7.05 Å². The molecule has 0 aromatic heterocycles. The van der Waals surface area contributed by atoms with Crippen LogP contribution < -0.4 is 5.43 Å². The van der Waals surface area contributed by atoms with Crippen LogP contribution in [0.25, 0.3) is 0 Å². The van der Waals surface area contributed by atoms with Crippen molar-refractivity contribution in [2.24, 2.45) is 5.92 Å². The van der Waals surface area contributed by atoms with Gasteiger partial charge in [0.1, 0.15) is 13.0 Å². The Balaban J connectivity index is 2.11. The zero-order valence-corrected chi connectivity index (χ0v) is 9.74. The summed E-state index contributed by atoms with van der Waals surface area (Å²) >= 11 is 0. The number of halogens is 1. The highest BCUT2D eigenvalue weighted by Crippen LogP contribution is 2.13. The van der Waals surface area contributed by atoms with Crippen LogP contribution in [-0.4, -0.2) is 31.2 Å². The number of hydrogen-bond acceptors (Lipinski definition) is 3. The summed E-state index contributed by atoms with van der Waals surface area (Å²) < 4.78 is 18.2. The Morgan fingerprint density at radius 1 is 1.60 bits per heavy atom. The highest BCUT2D eigenvalue weighted by molar-refractivity contribution is 4.89. The van der Waals surface area contributed by atoms with Gasteiger partial charge in [-0.1, -0.05) is 13.0 Å². The molecule has 88 valence electrons. The molecule has 0 aliphatic carbocycles. The molecular weight excluding hydrogens is 195 g/mol. The van der Waals surface area contributed by atoms with Crippen LogP contribution in [0, 0.1) is 5.92 Å². The van der Waals surface area contributed by atoms with Crippen LogP contribution in [0.1, 0.15) is 26.7 Å². The van der Waals surface area contributed by atoms with Gasteiger partial charge in [0.25, 0.3) is 0 Å². The fraction of sp³-hybridized carbons (Fsp3) is 0.818. The van der Waals surface area contributed by atoms with E-state index in [2.05, 4.69) is 11.5 Å². The zero-order chi connectivity index (χ0) is 11.3. The minimum absolute atomic E-state index is 0.0203. The van der Waals surface area contributed by atoms with E-state index in [0.717, 1.165) is 12.8 Å². The van der Waals surface area contributed by atoms with E-state index >= 15 is 0 Å². The molecule has 1 saturated heterocycles. The van der Waals surface area contributed by atoms with Gasteiger partial charge in [-0.15, -0.1) is 0 Å².